The molecule has 5 nitrogen and oxygen atoms in total. The SMILES string of the molecule is COc1ccc(C=C2Sc3ccccc3N(CC(=O)N3CCc4ccccc4C3)C2=O)cc1Br. The average Bonchev–Trinajstić information content (AvgIpc) is 2.86. The van der Waals surface area contributed by atoms with Gasteiger partial charge in [0.1, 0.15) is 12.3 Å². The van der Waals surface area contributed by atoms with Crippen LogP contribution in [-0.4, -0.2) is 36.9 Å². The number of halogens is 1. The van der Waals surface area contributed by atoms with Crippen molar-refractivity contribution >= 4 is 51.3 Å². The first-order valence-electron chi connectivity index (χ1n) is 11.0. The van der Waals surface area contributed by atoms with Crippen molar-refractivity contribution in [3.63, 3.8) is 0 Å². The van der Waals surface area contributed by atoms with E-state index in [1.807, 2.05) is 65.6 Å². The van der Waals surface area contributed by atoms with E-state index in [2.05, 4.69) is 28.1 Å². The molecule has 5 rings (SSSR count). The van der Waals surface area contributed by atoms with Gasteiger partial charge in [0.2, 0.25) is 5.91 Å². The second kappa shape index (κ2) is 9.68. The van der Waals surface area contributed by atoms with Crippen molar-refractivity contribution in [2.75, 3.05) is 25.1 Å². The van der Waals surface area contributed by atoms with Crippen molar-refractivity contribution in [3.8, 4) is 5.75 Å². The molecule has 0 bridgehead atoms. The van der Waals surface area contributed by atoms with E-state index in [-0.39, 0.29) is 18.4 Å². The Hall–Kier alpha value is -3.03. The molecular formula is C27H23BrN2O3S. The largest absolute Gasteiger partial charge is 0.496 e. The summed E-state index contributed by atoms with van der Waals surface area (Å²) in [5.74, 6) is 0.517. The summed E-state index contributed by atoms with van der Waals surface area (Å²) in [6.45, 7) is 1.26. The number of anilines is 1. The molecule has 2 amide bonds. The maximum atomic E-state index is 13.5. The molecule has 2 heterocycles. The van der Waals surface area contributed by atoms with Gasteiger partial charge in [0.25, 0.3) is 5.91 Å². The number of para-hydroxylation sites is 1. The predicted molar refractivity (Wildman–Crippen MR) is 139 cm³/mol. The fourth-order valence-electron chi connectivity index (χ4n) is 4.29. The van der Waals surface area contributed by atoms with E-state index in [0.717, 1.165) is 32.8 Å². The van der Waals surface area contributed by atoms with E-state index >= 15 is 0 Å². The highest BCUT2D eigenvalue weighted by atomic mass is 79.9. The highest BCUT2D eigenvalue weighted by Gasteiger charge is 2.32. The van der Waals surface area contributed by atoms with E-state index in [9.17, 15) is 9.59 Å². The zero-order valence-corrected chi connectivity index (χ0v) is 21.1. The number of hydrogen-bond acceptors (Lipinski definition) is 4. The van der Waals surface area contributed by atoms with Crippen LogP contribution in [0, 0.1) is 0 Å². The molecule has 3 aromatic carbocycles. The van der Waals surface area contributed by atoms with Gasteiger partial charge in [-0.2, -0.15) is 0 Å². The summed E-state index contributed by atoms with van der Waals surface area (Å²) in [4.78, 5) is 31.8. The summed E-state index contributed by atoms with van der Waals surface area (Å²) in [5, 5.41) is 0. The Balaban J connectivity index is 1.41. The Bertz CT molecular complexity index is 1310. The summed E-state index contributed by atoms with van der Waals surface area (Å²) in [6.07, 6.45) is 2.70. The number of thioether (sulfide) groups is 1. The van der Waals surface area contributed by atoms with Crippen LogP contribution in [0.5, 0.6) is 5.75 Å². The number of fused-ring (bicyclic) bond motifs is 2. The van der Waals surface area contributed by atoms with E-state index in [0.29, 0.717) is 18.0 Å². The average molecular weight is 535 g/mol. The van der Waals surface area contributed by atoms with Crippen LogP contribution in [0.15, 0.2) is 81.0 Å². The highest BCUT2D eigenvalue weighted by molar-refractivity contribution is 9.10. The molecule has 172 valence electrons. The molecular weight excluding hydrogens is 512 g/mol. The molecule has 0 saturated heterocycles. The van der Waals surface area contributed by atoms with Gasteiger partial charge < -0.3 is 9.64 Å². The maximum Gasteiger partial charge on any atom is 0.265 e. The second-order valence-corrected chi connectivity index (χ2v) is 10.1. The molecule has 0 N–H and O–H groups in total. The number of hydrogen-bond donors (Lipinski definition) is 0. The first kappa shape index (κ1) is 22.7. The minimum absolute atomic E-state index is 0.0161. The summed E-state index contributed by atoms with van der Waals surface area (Å²) < 4.78 is 6.12. The molecule has 2 aliphatic heterocycles. The van der Waals surface area contributed by atoms with Gasteiger partial charge in [-0.05, 0) is 69.4 Å². The molecule has 7 heteroatoms. The normalized spacial score (nSPS) is 16.3. The van der Waals surface area contributed by atoms with Gasteiger partial charge in [0.05, 0.1) is 22.2 Å². The molecule has 0 atom stereocenters. The number of methoxy groups -OCH3 is 1. The molecule has 0 aliphatic carbocycles. The van der Waals surface area contributed by atoms with Gasteiger partial charge in [-0.25, -0.2) is 0 Å². The number of carbonyl (C=O) groups excluding carboxylic acids is 2. The lowest BCUT2D eigenvalue weighted by Gasteiger charge is -2.34. The molecule has 2 aliphatic rings. The van der Waals surface area contributed by atoms with Crippen LogP contribution in [0.4, 0.5) is 5.69 Å². The Morgan fingerprint density at radius 2 is 1.85 bits per heavy atom. The number of ether oxygens (including phenoxy) is 1. The van der Waals surface area contributed by atoms with Crippen LogP contribution in [-0.2, 0) is 22.6 Å². The number of amides is 2. The number of carbonyl (C=O) groups is 2. The summed E-state index contributed by atoms with van der Waals surface area (Å²) in [7, 11) is 1.62. The first-order valence-corrected chi connectivity index (χ1v) is 12.6. The lowest BCUT2D eigenvalue weighted by Crippen LogP contribution is -2.45. The Kier molecular flexibility index (Phi) is 6.48. The van der Waals surface area contributed by atoms with E-state index in [1.165, 1.54) is 22.9 Å². The fraction of sp³-hybridized carbons (Fsp3) is 0.185. The predicted octanol–water partition coefficient (Wildman–Crippen LogP) is 5.52. The van der Waals surface area contributed by atoms with Crippen molar-refractivity contribution < 1.29 is 14.3 Å². The molecule has 0 spiro atoms. The Labute approximate surface area is 211 Å². The molecule has 0 saturated carbocycles. The topological polar surface area (TPSA) is 49.9 Å². The van der Waals surface area contributed by atoms with Gasteiger partial charge in [-0.15, -0.1) is 0 Å². The monoisotopic (exact) mass is 534 g/mol. The third-order valence-corrected chi connectivity index (χ3v) is 7.78. The minimum atomic E-state index is -0.165. The third-order valence-electron chi connectivity index (χ3n) is 6.08. The molecule has 0 aromatic heterocycles. The molecule has 34 heavy (non-hydrogen) atoms. The van der Waals surface area contributed by atoms with Gasteiger partial charge in [0.15, 0.2) is 0 Å². The zero-order valence-electron chi connectivity index (χ0n) is 18.7. The molecule has 0 unspecified atom stereocenters. The zero-order chi connectivity index (χ0) is 23.7. The quantitative estimate of drug-likeness (QED) is 0.413. The van der Waals surface area contributed by atoms with Gasteiger partial charge in [-0.1, -0.05) is 54.2 Å². The third kappa shape index (κ3) is 4.50. The lowest BCUT2D eigenvalue weighted by atomic mass is 10.00. The molecule has 3 aromatic rings. The van der Waals surface area contributed by atoms with Crippen LogP contribution >= 0.6 is 27.7 Å². The number of benzene rings is 3. The van der Waals surface area contributed by atoms with Crippen molar-refractivity contribution in [1.29, 1.82) is 0 Å². The van der Waals surface area contributed by atoms with Gasteiger partial charge in [0, 0.05) is 18.0 Å². The van der Waals surface area contributed by atoms with Crippen LogP contribution in [0.2, 0.25) is 0 Å². The second-order valence-electron chi connectivity index (χ2n) is 8.20. The van der Waals surface area contributed by atoms with Gasteiger partial charge >= 0.3 is 0 Å². The van der Waals surface area contributed by atoms with Crippen LogP contribution in [0.1, 0.15) is 16.7 Å². The number of rotatable bonds is 4. The standard InChI is InChI=1S/C27H23BrN2O3S/c1-33-23-11-10-18(14-21(23)28)15-25-27(32)30(22-8-4-5-9-24(22)34-25)17-26(31)29-13-12-19-6-2-3-7-20(19)16-29/h2-11,14-15H,12-13,16-17H2,1H3. The van der Waals surface area contributed by atoms with Crippen LogP contribution in [0.3, 0.4) is 0 Å². The summed E-state index contributed by atoms with van der Waals surface area (Å²) >= 11 is 4.94. The summed E-state index contributed by atoms with van der Waals surface area (Å²) in [5.41, 5.74) is 4.12. The number of nitrogens with zero attached hydrogens (tertiary/aromatic N) is 2. The molecule has 0 radical (unpaired) electrons. The Morgan fingerprint density at radius 3 is 2.65 bits per heavy atom. The lowest BCUT2D eigenvalue weighted by molar-refractivity contribution is -0.131. The van der Waals surface area contributed by atoms with E-state index in [4.69, 9.17) is 4.74 Å². The van der Waals surface area contributed by atoms with Crippen molar-refractivity contribution in [1.82, 2.24) is 4.90 Å². The van der Waals surface area contributed by atoms with Crippen LogP contribution in [0.25, 0.3) is 6.08 Å². The van der Waals surface area contributed by atoms with Crippen molar-refractivity contribution in [2.45, 2.75) is 17.9 Å². The first-order chi connectivity index (χ1) is 16.5. The van der Waals surface area contributed by atoms with E-state index in [1.54, 1.807) is 12.0 Å². The summed E-state index contributed by atoms with van der Waals surface area (Å²) in [6, 6.07) is 21.6. The van der Waals surface area contributed by atoms with Gasteiger partial charge in [-0.3, -0.25) is 14.5 Å². The van der Waals surface area contributed by atoms with Crippen molar-refractivity contribution in [3.05, 3.63) is 92.8 Å². The highest BCUT2D eigenvalue weighted by Crippen LogP contribution is 2.42. The fourth-order valence-corrected chi connectivity index (χ4v) is 5.90. The smallest absolute Gasteiger partial charge is 0.265 e. The van der Waals surface area contributed by atoms with Crippen molar-refractivity contribution in [2.24, 2.45) is 0 Å². The minimum Gasteiger partial charge on any atom is -0.496 e. The van der Waals surface area contributed by atoms with Crippen LogP contribution < -0.4 is 9.64 Å². The molecule has 0 fully saturated rings. The maximum absolute atomic E-state index is 13.5. The Morgan fingerprint density at radius 1 is 1.09 bits per heavy atom. The van der Waals surface area contributed by atoms with E-state index < -0.39 is 0 Å².